The average Bonchev–Trinajstić information content (AvgIpc) is 3.53. The summed E-state index contributed by atoms with van der Waals surface area (Å²) >= 11 is 6.00. The summed E-state index contributed by atoms with van der Waals surface area (Å²) in [5.41, 5.74) is 5.34. The molecule has 7 nitrogen and oxygen atoms in total. The molecule has 0 aliphatic heterocycles. The second-order valence-corrected chi connectivity index (χ2v) is 9.54. The second kappa shape index (κ2) is 10.5. The number of carboxylic acids is 1. The van der Waals surface area contributed by atoms with Gasteiger partial charge in [0.1, 0.15) is 17.4 Å². The zero-order valence-electron chi connectivity index (χ0n) is 20.4. The van der Waals surface area contributed by atoms with Crippen LogP contribution in [-0.2, 0) is 17.6 Å². The lowest BCUT2D eigenvalue weighted by molar-refractivity contribution is -0.139. The highest BCUT2D eigenvalue weighted by Gasteiger charge is 2.26. The number of phenolic OH excluding ortho intramolecular Hbond substituents is 1. The van der Waals surface area contributed by atoms with Crippen LogP contribution in [0.3, 0.4) is 0 Å². The molecule has 0 bridgehead atoms. The van der Waals surface area contributed by atoms with Gasteiger partial charge >= 0.3 is 5.97 Å². The molecular weight excluding hydrogens is 506 g/mol. The highest BCUT2D eigenvalue weighted by Crippen LogP contribution is 2.31. The number of aryl methyl sites for hydroxylation is 1. The molecule has 2 heterocycles. The van der Waals surface area contributed by atoms with Crippen LogP contribution in [0.25, 0.3) is 22.1 Å². The van der Waals surface area contributed by atoms with Crippen LogP contribution in [0, 0.1) is 6.92 Å². The van der Waals surface area contributed by atoms with Crippen LogP contribution in [-0.4, -0.2) is 28.1 Å². The summed E-state index contributed by atoms with van der Waals surface area (Å²) in [4.78, 5) is 25.3. The number of carbonyl (C=O) groups is 2. The van der Waals surface area contributed by atoms with Crippen molar-refractivity contribution in [3.63, 3.8) is 0 Å². The minimum atomic E-state index is -1.22. The molecule has 0 aliphatic carbocycles. The van der Waals surface area contributed by atoms with Gasteiger partial charge in [-0.2, -0.15) is 0 Å². The highest BCUT2D eigenvalue weighted by atomic mass is 35.5. The first-order valence-electron chi connectivity index (χ1n) is 11.9. The fourth-order valence-electron chi connectivity index (χ4n) is 4.49. The van der Waals surface area contributed by atoms with Crippen molar-refractivity contribution in [2.24, 2.45) is 0 Å². The van der Waals surface area contributed by atoms with Gasteiger partial charge in [0.05, 0.1) is 12.5 Å². The fraction of sp³-hybridized carbons (Fsp3) is 0.133. The van der Waals surface area contributed by atoms with Gasteiger partial charge in [-0.05, 0) is 77.2 Å². The number of carbonyl (C=O) groups excluding carboxylic acids is 1. The molecule has 0 spiro atoms. The van der Waals surface area contributed by atoms with Crippen LogP contribution in [0.4, 0.5) is 0 Å². The molecule has 2 aromatic heterocycles. The van der Waals surface area contributed by atoms with Crippen molar-refractivity contribution >= 4 is 34.4 Å². The molecule has 8 heteroatoms. The van der Waals surface area contributed by atoms with E-state index in [2.05, 4.69) is 5.32 Å². The Morgan fingerprint density at radius 1 is 0.974 bits per heavy atom. The lowest BCUT2D eigenvalue weighted by Gasteiger charge is -2.17. The van der Waals surface area contributed by atoms with Crippen molar-refractivity contribution in [3.05, 3.63) is 112 Å². The summed E-state index contributed by atoms with van der Waals surface area (Å²) in [6.07, 6.45) is 3.60. The zero-order valence-corrected chi connectivity index (χ0v) is 21.2. The topological polar surface area (TPSA) is 113 Å². The first-order valence-corrected chi connectivity index (χ1v) is 12.3. The Kier molecular flexibility index (Phi) is 6.94. The Morgan fingerprint density at radius 3 is 2.45 bits per heavy atom. The molecule has 5 rings (SSSR count). The predicted octanol–water partition coefficient (Wildman–Crippen LogP) is 6.38. The number of halogens is 1. The summed E-state index contributed by atoms with van der Waals surface area (Å²) in [6, 6.07) is 18.4. The lowest BCUT2D eigenvalue weighted by Crippen LogP contribution is -2.42. The maximum atomic E-state index is 13.2. The number of carboxylic acid groups (broad SMARTS) is 1. The molecule has 3 N–H and O–H groups in total. The minimum Gasteiger partial charge on any atom is -0.508 e. The van der Waals surface area contributed by atoms with E-state index in [-0.39, 0.29) is 17.9 Å². The summed E-state index contributed by atoms with van der Waals surface area (Å²) in [5.74, 6) is -1.67. The Labute approximate surface area is 223 Å². The van der Waals surface area contributed by atoms with E-state index in [9.17, 15) is 19.8 Å². The van der Waals surface area contributed by atoms with E-state index in [0.29, 0.717) is 28.2 Å². The number of benzene rings is 3. The van der Waals surface area contributed by atoms with Gasteiger partial charge in [0, 0.05) is 28.8 Å². The third-order valence-electron chi connectivity index (χ3n) is 6.51. The Morgan fingerprint density at radius 2 is 1.74 bits per heavy atom. The molecule has 1 atom stereocenters. The van der Waals surface area contributed by atoms with Crippen LogP contribution in [0.5, 0.6) is 5.75 Å². The quantitative estimate of drug-likeness (QED) is 0.215. The van der Waals surface area contributed by atoms with Crippen molar-refractivity contribution in [1.82, 2.24) is 5.32 Å². The molecule has 38 heavy (non-hydrogen) atoms. The number of phenols is 1. The van der Waals surface area contributed by atoms with Gasteiger partial charge in [0.2, 0.25) is 0 Å². The normalized spacial score (nSPS) is 11.9. The van der Waals surface area contributed by atoms with E-state index in [1.165, 1.54) is 6.07 Å². The fourth-order valence-corrected chi connectivity index (χ4v) is 4.62. The third-order valence-corrected chi connectivity index (χ3v) is 6.76. The van der Waals surface area contributed by atoms with Crippen molar-refractivity contribution in [2.45, 2.75) is 25.8 Å². The van der Waals surface area contributed by atoms with E-state index in [1.54, 1.807) is 43.7 Å². The molecule has 192 valence electrons. The van der Waals surface area contributed by atoms with Crippen LogP contribution < -0.4 is 5.32 Å². The van der Waals surface area contributed by atoms with Gasteiger partial charge in [-0.3, -0.25) is 4.79 Å². The molecule has 0 saturated heterocycles. The van der Waals surface area contributed by atoms with Gasteiger partial charge in [-0.15, -0.1) is 0 Å². The maximum absolute atomic E-state index is 13.2. The lowest BCUT2D eigenvalue weighted by atomic mass is 9.95. The highest BCUT2D eigenvalue weighted by molar-refractivity contribution is 6.30. The van der Waals surface area contributed by atoms with E-state index in [0.717, 1.165) is 27.6 Å². The third kappa shape index (κ3) is 5.28. The van der Waals surface area contributed by atoms with Crippen LogP contribution in [0.15, 0.2) is 88.1 Å². The molecule has 0 radical (unpaired) electrons. The van der Waals surface area contributed by atoms with Crippen molar-refractivity contribution < 1.29 is 28.6 Å². The predicted molar refractivity (Wildman–Crippen MR) is 144 cm³/mol. The molecular formula is C30H24ClNO6. The molecule has 5 aromatic rings. The van der Waals surface area contributed by atoms with Crippen molar-refractivity contribution in [2.75, 3.05) is 0 Å². The van der Waals surface area contributed by atoms with E-state index < -0.39 is 17.9 Å². The standard InChI is InChI=1S/C30H24ClNO6/c1-17-25-14-20(19-2-6-23(31)7-3-19)5-9-27(25)38-28(17)29(34)32-26(30(35)36)15-21-4-8-24(33)13-22(21)12-18-10-11-37-16-18/h2-11,13-14,16,26,33H,12,15H2,1H3,(H,32,34)(H,35,36)/t26-/m0/s1. The number of aliphatic carboxylic acids is 1. The molecule has 0 fully saturated rings. The minimum absolute atomic E-state index is 0.0224. The van der Waals surface area contributed by atoms with Gasteiger partial charge < -0.3 is 24.4 Å². The number of rotatable bonds is 8. The molecule has 3 aromatic carbocycles. The number of hydrogen-bond acceptors (Lipinski definition) is 5. The first kappa shape index (κ1) is 25.2. The molecule has 0 unspecified atom stereocenters. The number of nitrogens with one attached hydrogen (secondary N) is 1. The van der Waals surface area contributed by atoms with Crippen molar-refractivity contribution in [1.29, 1.82) is 0 Å². The monoisotopic (exact) mass is 529 g/mol. The van der Waals surface area contributed by atoms with Gasteiger partial charge in [-0.25, -0.2) is 4.79 Å². The SMILES string of the molecule is Cc1c(C(=O)N[C@@H](Cc2ccc(O)cc2Cc2ccoc2)C(=O)O)oc2ccc(-c3ccc(Cl)cc3)cc12. The Balaban J connectivity index is 1.39. The van der Waals surface area contributed by atoms with Crippen molar-refractivity contribution in [3.8, 4) is 16.9 Å². The number of amides is 1. The van der Waals surface area contributed by atoms with Gasteiger partial charge in [0.15, 0.2) is 5.76 Å². The van der Waals surface area contributed by atoms with Gasteiger partial charge in [0.25, 0.3) is 5.91 Å². The average molecular weight is 530 g/mol. The van der Waals surface area contributed by atoms with Crippen LogP contribution in [0.2, 0.25) is 5.02 Å². The summed E-state index contributed by atoms with van der Waals surface area (Å²) in [6.45, 7) is 1.77. The number of hydrogen-bond donors (Lipinski definition) is 3. The number of aromatic hydroxyl groups is 1. The summed E-state index contributed by atoms with van der Waals surface area (Å²) < 4.78 is 11.0. The Bertz CT molecular complexity index is 1620. The van der Waals surface area contributed by atoms with Crippen LogP contribution >= 0.6 is 11.6 Å². The van der Waals surface area contributed by atoms with E-state index in [1.807, 2.05) is 36.4 Å². The van der Waals surface area contributed by atoms with Crippen LogP contribution in [0.1, 0.15) is 32.8 Å². The van der Waals surface area contributed by atoms with E-state index in [4.69, 9.17) is 20.4 Å². The molecule has 0 aliphatic rings. The number of fused-ring (bicyclic) bond motifs is 1. The summed E-state index contributed by atoms with van der Waals surface area (Å²) in [5, 5.41) is 23.9. The van der Waals surface area contributed by atoms with Gasteiger partial charge in [-0.1, -0.05) is 35.9 Å². The summed E-state index contributed by atoms with van der Waals surface area (Å²) in [7, 11) is 0. The Hall–Kier alpha value is -4.49. The largest absolute Gasteiger partial charge is 0.508 e. The van der Waals surface area contributed by atoms with E-state index >= 15 is 0 Å². The zero-order chi connectivity index (χ0) is 26.8. The second-order valence-electron chi connectivity index (χ2n) is 9.10. The maximum Gasteiger partial charge on any atom is 0.326 e. The molecule has 1 amide bonds. The smallest absolute Gasteiger partial charge is 0.326 e. The molecule has 0 saturated carbocycles. The number of furan rings is 2. The first-order chi connectivity index (χ1) is 18.3.